The normalized spacial score (nSPS) is 24.3. The van der Waals surface area contributed by atoms with Crippen molar-refractivity contribution >= 4 is 92.2 Å². The average molecular weight is 1240 g/mol. The number of anilines is 1. The number of aryl methyl sites for hydroxylation is 1. The first-order chi connectivity index (χ1) is 41.5. The van der Waals surface area contributed by atoms with Crippen LogP contribution in [0.25, 0.3) is 0 Å². The van der Waals surface area contributed by atoms with E-state index in [0.29, 0.717) is 90.3 Å². The summed E-state index contributed by atoms with van der Waals surface area (Å²) < 4.78 is 33.9. The Morgan fingerprint density at radius 1 is 0.736 bits per heavy atom. The number of carbonyl (C=O) groups is 12. The molecule has 478 valence electrons. The zero-order valence-electron chi connectivity index (χ0n) is 48.9. The van der Waals surface area contributed by atoms with Gasteiger partial charge in [-0.05, 0) is 74.6 Å². The smallest absolute Gasteiger partial charge is 0.558 e. The van der Waals surface area contributed by atoms with Crippen molar-refractivity contribution in [2.45, 2.75) is 127 Å². The van der Waals surface area contributed by atoms with E-state index >= 15 is 0 Å². The number of hydrogen-bond donors (Lipinski definition) is 9. The van der Waals surface area contributed by atoms with Crippen LogP contribution in [0.3, 0.4) is 0 Å². The number of nitrogens with one attached hydrogen (secondary N) is 6. The van der Waals surface area contributed by atoms with Crippen molar-refractivity contribution in [3.63, 3.8) is 0 Å². The number of esters is 1. The van der Waals surface area contributed by atoms with Gasteiger partial charge in [0.1, 0.15) is 42.9 Å². The highest BCUT2D eigenvalue weighted by atomic mass is 27.3. The van der Waals surface area contributed by atoms with Gasteiger partial charge in [0.15, 0.2) is 0 Å². The Kier molecular flexibility index (Phi) is 25.1. The van der Waals surface area contributed by atoms with E-state index in [2.05, 4.69) is 36.8 Å². The molecule has 6 aliphatic rings. The van der Waals surface area contributed by atoms with Gasteiger partial charge in [-0.25, -0.2) is 0 Å². The summed E-state index contributed by atoms with van der Waals surface area (Å²) in [6.45, 7) is 6.99. The molecule has 0 radical (unpaired) electrons. The second kappa shape index (κ2) is 32.4. The highest BCUT2D eigenvalue weighted by Crippen LogP contribution is 2.39. The summed E-state index contributed by atoms with van der Waals surface area (Å²) in [5, 5.41) is 44.7. The molecule has 0 spiro atoms. The van der Waals surface area contributed by atoms with Crippen LogP contribution in [0, 0.1) is 11.8 Å². The number of carboxylic acids is 2. The van der Waals surface area contributed by atoms with Gasteiger partial charge in [-0.1, -0.05) is 38.5 Å². The monoisotopic (exact) mass is 1240 g/mol. The number of carbonyl (C=O) groups excluding carboxylic acids is 10. The van der Waals surface area contributed by atoms with Crippen molar-refractivity contribution < 1.29 is 93.4 Å². The molecule has 6 aliphatic heterocycles. The third-order valence-electron chi connectivity index (χ3n) is 16.4. The van der Waals surface area contributed by atoms with Crippen molar-refractivity contribution in [3.05, 3.63) is 29.3 Å². The fraction of sp³-hybridized carbons (Fsp3) is 0.673. The summed E-state index contributed by atoms with van der Waals surface area (Å²) in [4.78, 5) is 165. The summed E-state index contributed by atoms with van der Waals surface area (Å²) in [5.41, 5.74) is 2.06. The Hall–Kier alpha value is -6.92. The Bertz CT molecular complexity index is 2670. The topological polar surface area (TPSA) is 391 Å². The molecule has 6 heterocycles. The fourth-order valence-corrected chi connectivity index (χ4v) is 12.1. The largest absolute Gasteiger partial charge is 1.15 e. The van der Waals surface area contributed by atoms with Crippen LogP contribution in [0.1, 0.15) is 82.8 Å². The second-order valence-corrected chi connectivity index (χ2v) is 23.8. The van der Waals surface area contributed by atoms with Crippen molar-refractivity contribution in [1.82, 2.24) is 51.5 Å². The molecule has 0 saturated carbocycles. The number of rotatable bonds is 26. The zero-order valence-corrected chi connectivity index (χ0v) is 50.0. The van der Waals surface area contributed by atoms with E-state index in [1.165, 1.54) is 4.90 Å². The van der Waals surface area contributed by atoms with Crippen LogP contribution in [0.15, 0.2) is 18.2 Å². The minimum absolute atomic E-state index is 0.129. The molecule has 30 nitrogen and oxygen atoms in total. The van der Waals surface area contributed by atoms with Gasteiger partial charge >= 0.3 is 33.2 Å². The lowest BCUT2D eigenvalue weighted by Gasteiger charge is -2.35. The molecule has 0 aliphatic carbocycles. The molecule has 10 atom stereocenters. The van der Waals surface area contributed by atoms with Gasteiger partial charge in [0.25, 0.3) is 11.9 Å². The van der Waals surface area contributed by atoms with Crippen molar-refractivity contribution in [1.29, 1.82) is 0 Å². The molecule has 4 fully saturated rings. The summed E-state index contributed by atoms with van der Waals surface area (Å²) in [6.07, 6.45) is -1.11. The molecule has 32 heteroatoms. The van der Waals surface area contributed by atoms with Crippen LogP contribution in [0.4, 0.5) is 9.21 Å². The first-order valence-corrected chi connectivity index (χ1v) is 30.9. The molecule has 2 unspecified atom stereocenters. The van der Waals surface area contributed by atoms with E-state index in [1.54, 1.807) is 19.9 Å². The van der Waals surface area contributed by atoms with Crippen LogP contribution in [-0.4, -0.2) is 262 Å². The average Bonchev–Trinajstić information content (AvgIpc) is 1.79. The van der Waals surface area contributed by atoms with Crippen LogP contribution in [-0.2, 0) is 87.4 Å². The van der Waals surface area contributed by atoms with Gasteiger partial charge in [-0.15, -0.1) is 0 Å². The minimum Gasteiger partial charge on any atom is -0.558 e. The zero-order chi connectivity index (χ0) is 62.9. The number of aliphatic hydroxyl groups excluding tert-OH is 1. The predicted octanol–water partition coefficient (Wildman–Crippen LogP) is -3.83. The highest BCUT2D eigenvalue weighted by Gasteiger charge is 2.47. The minimum atomic E-state index is -3.93. The number of carboxylic acid groups (broad SMARTS) is 2. The third-order valence-corrected chi connectivity index (χ3v) is 17.3. The van der Waals surface area contributed by atoms with Gasteiger partial charge in [0.2, 0.25) is 47.6 Å². The maximum atomic E-state index is 14.3. The number of nitrogens with zero attached hydrogens (tertiary/aromatic N) is 5. The Morgan fingerprint density at radius 3 is 1.97 bits per heavy atom. The van der Waals surface area contributed by atoms with Gasteiger partial charge in [-0.2, -0.15) is 0 Å². The molecule has 1 aromatic rings. The summed E-state index contributed by atoms with van der Waals surface area (Å²) in [6, 6.07) is -1.79. The van der Waals surface area contributed by atoms with E-state index < -0.39 is 154 Å². The number of piperidine rings is 1. The molecule has 7 rings (SSSR count). The molecule has 9 N–H and O–H groups in total. The van der Waals surface area contributed by atoms with Crippen LogP contribution < -0.4 is 36.8 Å². The van der Waals surface area contributed by atoms with Gasteiger partial charge in [-0.3, -0.25) is 77.1 Å². The molecule has 87 heavy (non-hydrogen) atoms. The number of cyclic esters (lactones) is 1. The quantitative estimate of drug-likeness (QED) is 0.0244. The van der Waals surface area contributed by atoms with Crippen molar-refractivity contribution in [3.8, 4) is 0 Å². The van der Waals surface area contributed by atoms with Gasteiger partial charge in [0.05, 0.1) is 38.3 Å². The predicted molar refractivity (Wildman–Crippen MR) is 301 cm³/mol. The highest BCUT2D eigenvalue weighted by molar-refractivity contribution is 6.41. The lowest BCUT2D eigenvalue weighted by atomic mass is 9.96. The van der Waals surface area contributed by atoms with Crippen LogP contribution in [0.5, 0.6) is 0 Å². The number of aliphatic carboxylic acids is 2. The number of aliphatic hydroxyl groups is 1. The maximum Gasteiger partial charge on any atom is 1.15 e. The van der Waals surface area contributed by atoms with Crippen molar-refractivity contribution in [2.24, 2.45) is 11.8 Å². The maximum absolute atomic E-state index is 14.3. The molecule has 0 aromatic heterocycles. The molecule has 1 aromatic carbocycles. The number of benzene rings is 1. The summed E-state index contributed by atoms with van der Waals surface area (Å²) in [7, 11) is 0. The lowest BCUT2D eigenvalue weighted by Crippen LogP contribution is -2.59. The van der Waals surface area contributed by atoms with Gasteiger partial charge in [0, 0.05) is 71.6 Å². The standard InChI is InChI=1S/C55H81N11O19.Al.FH/c1-3-32(2)48(53(81)59-38-8-7-34-5-4-6-35-25-40(66(49(34)35)54(38)82)52(80)60-39-26-47(77)85-55(39)83)61-42(68)31-84-24-15-56-50(78)36(9-11-43(69)70)58-51(79)37(10-12-44(71)72)57-41(67)28-62-16-13-33(14-17-62)27-63-18-20-64(29-45(73)74)22-23-65(21-19-63)30-46(75)76;;/h4-6,32-33,36-40,48,55,83H,3,7-31H2,1-2H3,(H,56,78)(H,57,67)(H,58,79)(H,59,81)(H,60,80)(H,61,68)(H,69,70)(H,71,72)(H,73,74)(H,75,76);;1H/q;+3;/p-3/t32-,36+,37+,38-,39+,40-,48-,55+;;/m0../s1. The number of likely N-dealkylation sites (tertiary alicyclic amines) is 1. The third kappa shape index (κ3) is 20.1. The first-order valence-electron chi connectivity index (χ1n) is 29.6. The second-order valence-electron chi connectivity index (χ2n) is 22.8. The number of hydrogen-bond acceptors (Lipinski definition) is 21. The SMILES string of the molecule is CC[C@H](C)[C@H](NC(=O)COCCNC(=O)[C@@H](CCC(=O)O)NC(=O)[C@@H](CCC(=O)O)NC(=O)CN1CCC(CN2CCN3CCN(CC2)CC(=O)[O][Al]([F])[O]C(=O)C3)CC1)C(=O)N[C@H]1CCc2cccc3c2N(C1=O)[C@H](C(=O)N[C@@H]1CC(=O)O[C@H]1O)C3. The van der Waals surface area contributed by atoms with E-state index in [0.717, 1.165) is 11.1 Å². The lowest BCUT2D eigenvalue weighted by molar-refractivity contribution is -0.155. The van der Waals surface area contributed by atoms with Crippen LogP contribution >= 0.6 is 0 Å². The molecule has 2 bridgehead atoms. The number of fused-ring (bicyclic) bond motifs is 3. The van der Waals surface area contributed by atoms with E-state index in [1.807, 2.05) is 26.8 Å². The first kappa shape index (κ1) is 67.6. The van der Waals surface area contributed by atoms with Crippen LogP contribution in [0.2, 0.25) is 0 Å². The Balaban J connectivity index is 0.858. The van der Waals surface area contributed by atoms with Crippen molar-refractivity contribution in [2.75, 3.05) is 103 Å². The van der Waals surface area contributed by atoms with E-state index in [-0.39, 0.29) is 70.8 Å². The Morgan fingerprint density at radius 2 is 1.36 bits per heavy atom. The summed E-state index contributed by atoms with van der Waals surface area (Å²) in [5.74, 6) is -9.93. The Labute approximate surface area is 506 Å². The molecular formula is C55H79AlFN11O19. The molecular weight excluding hydrogens is 1160 g/mol. The number of para-hydroxylation sites is 1. The van der Waals surface area contributed by atoms with Gasteiger partial charge < -0.3 is 72.7 Å². The number of amides is 7. The van der Waals surface area contributed by atoms with E-state index in [9.17, 15) is 76.4 Å². The van der Waals surface area contributed by atoms with E-state index in [4.69, 9.17) is 17.1 Å². The summed E-state index contributed by atoms with van der Waals surface area (Å²) >= 11 is -3.93. The number of ether oxygens (including phenoxy) is 2. The molecule has 7 amide bonds. The fourth-order valence-electron chi connectivity index (χ4n) is 11.5. The number of halogens is 1. The molecule has 4 saturated heterocycles.